The van der Waals surface area contributed by atoms with Crippen LogP contribution in [0.25, 0.3) is 0 Å². The second-order valence-electron chi connectivity index (χ2n) is 7.76. The second-order valence-corrected chi connectivity index (χ2v) is 7.76. The van der Waals surface area contributed by atoms with Gasteiger partial charge in [-0.05, 0) is 50.8 Å². The molecule has 0 spiro atoms. The lowest BCUT2D eigenvalue weighted by molar-refractivity contribution is -0.126. The van der Waals surface area contributed by atoms with E-state index in [4.69, 9.17) is 0 Å². The molecule has 2 fully saturated rings. The van der Waals surface area contributed by atoms with E-state index in [1.54, 1.807) is 0 Å². The molecule has 1 saturated heterocycles. The van der Waals surface area contributed by atoms with Gasteiger partial charge in [0.15, 0.2) is 0 Å². The lowest BCUT2D eigenvalue weighted by Gasteiger charge is -2.31. The highest BCUT2D eigenvalue weighted by molar-refractivity contribution is 5.79. The number of nitrogens with zero attached hydrogens (tertiary/aromatic N) is 1. The molecule has 1 aliphatic heterocycles. The van der Waals surface area contributed by atoms with Gasteiger partial charge in [0.05, 0.1) is 6.54 Å². The molecule has 2 amide bonds. The van der Waals surface area contributed by atoms with Crippen LogP contribution in [0.5, 0.6) is 0 Å². The fraction of sp³-hybridized carbons (Fsp3) is 0.619. The van der Waals surface area contributed by atoms with Gasteiger partial charge in [0.2, 0.25) is 11.8 Å². The van der Waals surface area contributed by atoms with Crippen molar-refractivity contribution in [2.24, 2.45) is 5.92 Å². The van der Waals surface area contributed by atoms with Crippen molar-refractivity contribution < 1.29 is 9.59 Å². The number of amides is 2. The van der Waals surface area contributed by atoms with Crippen molar-refractivity contribution in [2.45, 2.75) is 44.4 Å². The molecule has 1 aliphatic carbocycles. The summed E-state index contributed by atoms with van der Waals surface area (Å²) in [5.41, 5.74) is 1.49. The number of nitrogens with one attached hydrogen (secondary N) is 2. The average Bonchev–Trinajstić information content (AvgIpc) is 3.47. The Labute approximate surface area is 156 Å². The number of rotatable bonds is 8. The molecular formula is C21H31N3O2. The molecule has 1 aromatic rings. The van der Waals surface area contributed by atoms with Crippen LogP contribution in [0, 0.1) is 5.92 Å². The summed E-state index contributed by atoms with van der Waals surface area (Å²) in [7, 11) is 0. The summed E-state index contributed by atoms with van der Waals surface area (Å²) in [4.78, 5) is 26.5. The topological polar surface area (TPSA) is 61.4 Å². The predicted octanol–water partition coefficient (Wildman–Crippen LogP) is 2.07. The van der Waals surface area contributed by atoms with Crippen molar-refractivity contribution >= 4 is 11.8 Å². The normalized spacial score (nSPS) is 19.7. The molecule has 26 heavy (non-hydrogen) atoms. The molecule has 5 nitrogen and oxygen atoms in total. The number of piperidine rings is 1. The summed E-state index contributed by atoms with van der Waals surface area (Å²) in [6, 6.07) is 10.5. The Bertz CT molecular complexity index is 605. The zero-order valence-corrected chi connectivity index (χ0v) is 15.8. The van der Waals surface area contributed by atoms with E-state index in [9.17, 15) is 9.59 Å². The fourth-order valence-electron chi connectivity index (χ4n) is 3.78. The highest BCUT2D eigenvalue weighted by atomic mass is 16.2. The van der Waals surface area contributed by atoms with Crippen molar-refractivity contribution in [3.05, 3.63) is 35.9 Å². The van der Waals surface area contributed by atoms with Gasteiger partial charge in [0.1, 0.15) is 0 Å². The van der Waals surface area contributed by atoms with Gasteiger partial charge >= 0.3 is 0 Å². The minimum atomic E-state index is 0.0982. The van der Waals surface area contributed by atoms with Crippen LogP contribution in [0.1, 0.15) is 44.6 Å². The van der Waals surface area contributed by atoms with Crippen LogP contribution < -0.4 is 10.6 Å². The number of carbonyl (C=O) groups is 2. The van der Waals surface area contributed by atoms with Crippen molar-refractivity contribution in [3.8, 4) is 0 Å². The maximum atomic E-state index is 12.3. The molecule has 0 atom stereocenters. The third kappa shape index (κ3) is 4.85. The van der Waals surface area contributed by atoms with E-state index in [1.165, 1.54) is 5.56 Å². The minimum Gasteiger partial charge on any atom is -0.356 e. The Hall–Kier alpha value is -1.88. The SMILES string of the molecule is CCCNC(=O)C1CCN(CC(=O)NCC2(c3ccccc3)CC2)CC1. The molecule has 1 saturated carbocycles. The average molecular weight is 357 g/mol. The van der Waals surface area contributed by atoms with E-state index in [2.05, 4.69) is 46.7 Å². The number of hydrogen-bond donors (Lipinski definition) is 2. The summed E-state index contributed by atoms with van der Waals surface area (Å²) in [5.74, 6) is 0.379. The third-order valence-electron chi connectivity index (χ3n) is 5.74. The van der Waals surface area contributed by atoms with Crippen LogP contribution in [0.4, 0.5) is 0 Å². The van der Waals surface area contributed by atoms with E-state index in [0.29, 0.717) is 6.54 Å². The van der Waals surface area contributed by atoms with Gasteiger partial charge in [-0.1, -0.05) is 37.3 Å². The Balaban J connectivity index is 1.38. The highest BCUT2D eigenvalue weighted by Gasteiger charge is 2.44. The molecule has 3 rings (SSSR count). The Morgan fingerprint density at radius 1 is 1.12 bits per heavy atom. The molecule has 0 radical (unpaired) electrons. The maximum Gasteiger partial charge on any atom is 0.234 e. The molecule has 142 valence electrons. The second kappa shape index (κ2) is 8.67. The monoisotopic (exact) mass is 357 g/mol. The third-order valence-corrected chi connectivity index (χ3v) is 5.74. The number of benzene rings is 1. The first-order valence-corrected chi connectivity index (χ1v) is 9.95. The van der Waals surface area contributed by atoms with E-state index >= 15 is 0 Å². The Morgan fingerprint density at radius 2 is 1.81 bits per heavy atom. The van der Waals surface area contributed by atoms with Gasteiger partial charge in [-0.3, -0.25) is 14.5 Å². The van der Waals surface area contributed by atoms with Gasteiger partial charge in [0.25, 0.3) is 0 Å². The molecule has 2 N–H and O–H groups in total. The molecule has 1 heterocycles. The summed E-state index contributed by atoms with van der Waals surface area (Å²) in [6.45, 7) is 5.62. The Morgan fingerprint density at radius 3 is 2.42 bits per heavy atom. The summed E-state index contributed by atoms with van der Waals surface area (Å²) in [5, 5.41) is 6.11. The van der Waals surface area contributed by atoms with Crippen molar-refractivity contribution in [1.82, 2.24) is 15.5 Å². The van der Waals surface area contributed by atoms with Crippen LogP contribution in [-0.2, 0) is 15.0 Å². The molecular weight excluding hydrogens is 326 g/mol. The van der Waals surface area contributed by atoms with Gasteiger partial charge in [0, 0.05) is 24.4 Å². The van der Waals surface area contributed by atoms with E-state index < -0.39 is 0 Å². The van der Waals surface area contributed by atoms with Crippen LogP contribution in [0.3, 0.4) is 0 Å². The highest BCUT2D eigenvalue weighted by Crippen LogP contribution is 2.47. The lowest BCUT2D eigenvalue weighted by atomic mass is 9.95. The van der Waals surface area contributed by atoms with Crippen molar-refractivity contribution in [3.63, 3.8) is 0 Å². The summed E-state index contributed by atoms with van der Waals surface area (Å²) < 4.78 is 0. The van der Waals surface area contributed by atoms with Crippen LogP contribution >= 0.6 is 0 Å². The van der Waals surface area contributed by atoms with Crippen molar-refractivity contribution in [1.29, 1.82) is 0 Å². The number of likely N-dealkylation sites (tertiary alicyclic amines) is 1. The summed E-state index contributed by atoms with van der Waals surface area (Å²) >= 11 is 0. The van der Waals surface area contributed by atoms with Crippen LogP contribution in [0.2, 0.25) is 0 Å². The van der Waals surface area contributed by atoms with Crippen molar-refractivity contribution in [2.75, 3.05) is 32.7 Å². The standard InChI is InChI=1S/C21H31N3O2/c1-2-12-22-20(26)17-8-13-24(14-9-17)15-19(25)23-16-21(10-11-21)18-6-4-3-5-7-18/h3-7,17H,2,8-16H2,1H3,(H,22,26)(H,23,25). The largest absolute Gasteiger partial charge is 0.356 e. The number of carbonyl (C=O) groups excluding carboxylic acids is 2. The fourth-order valence-corrected chi connectivity index (χ4v) is 3.78. The zero-order valence-electron chi connectivity index (χ0n) is 15.8. The van der Waals surface area contributed by atoms with Gasteiger partial charge < -0.3 is 10.6 Å². The Kier molecular flexibility index (Phi) is 6.30. The van der Waals surface area contributed by atoms with E-state index in [0.717, 1.165) is 58.3 Å². The summed E-state index contributed by atoms with van der Waals surface area (Å²) in [6.07, 6.45) is 4.95. The predicted molar refractivity (Wildman–Crippen MR) is 103 cm³/mol. The van der Waals surface area contributed by atoms with Gasteiger partial charge in [-0.2, -0.15) is 0 Å². The number of hydrogen-bond acceptors (Lipinski definition) is 3. The molecule has 0 aromatic heterocycles. The molecule has 0 bridgehead atoms. The minimum absolute atomic E-state index is 0.0982. The van der Waals surface area contributed by atoms with E-state index in [-0.39, 0.29) is 23.1 Å². The van der Waals surface area contributed by atoms with Gasteiger partial charge in [-0.25, -0.2) is 0 Å². The van der Waals surface area contributed by atoms with Gasteiger partial charge in [-0.15, -0.1) is 0 Å². The smallest absolute Gasteiger partial charge is 0.234 e. The first-order chi connectivity index (χ1) is 12.6. The molecule has 2 aliphatic rings. The molecule has 5 heteroatoms. The first kappa shape index (κ1) is 18.9. The molecule has 1 aromatic carbocycles. The van der Waals surface area contributed by atoms with Crippen LogP contribution in [0.15, 0.2) is 30.3 Å². The maximum absolute atomic E-state index is 12.3. The van der Waals surface area contributed by atoms with Crippen LogP contribution in [-0.4, -0.2) is 49.4 Å². The first-order valence-electron chi connectivity index (χ1n) is 9.95. The zero-order chi connectivity index (χ0) is 18.4. The lowest BCUT2D eigenvalue weighted by Crippen LogP contribution is -2.45. The molecule has 0 unspecified atom stereocenters. The quantitative estimate of drug-likeness (QED) is 0.749. The van der Waals surface area contributed by atoms with E-state index in [1.807, 2.05) is 6.07 Å².